The lowest BCUT2D eigenvalue weighted by atomic mass is 9.83. The maximum atomic E-state index is 13.0. The van der Waals surface area contributed by atoms with Crippen LogP contribution < -0.4 is 5.32 Å². The molecule has 0 amide bonds. The molecule has 2 aromatic rings. The highest BCUT2D eigenvalue weighted by Gasteiger charge is 2.31. The van der Waals surface area contributed by atoms with Crippen LogP contribution in [0.25, 0.3) is 0 Å². The number of rotatable bonds is 5. The molecule has 2 aromatic carbocycles. The third-order valence-electron chi connectivity index (χ3n) is 4.68. The quantitative estimate of drug-likeness (QED) is 0.730. The second-order valence-electron chi connectivity index (χ2n) is 5.97. The molecule has 1 unspecified atom stereocenters. The Morgan fingerprint density at radius 2 is 1.46 bits per heavy atom. The molecular weight excluding hydrogens is 300 g/mol. The average Bonchev–Trinajstić information content (AvgIpc) is 2.60. The van der Waals surface area contributed by atoms with Crippen LogP contribution in [0.15, 0.2) is 42.5 Å². The number of carbonyl (C=O) groups excluding carboxylic acids is 2. The SMILES string of the molecule is CCN(CC)C(C)Nc1cccc2c1C(=O)c1ccccc1C2=O. The number of benzene rings is 2. The highest BCUT2D eigenvalue weighted by Crippen LogP contribution is 2.32. The van der Waals surface area contributed by atoms with E-state index in [4.69, 9.17) is 0 Å². The van der Waals surface area contributed by atoms with E-state index >= 15 is 0 Å². The number of nitrogens with zero attached hydrogens (tertiary/aromatic N) is 1. The fourth-order valence-corrected chi connectivity index (χ4v) is 3.35. The summed E-state index contributed by atoms with van der Waals surface area (Å²) >= 11 is 0. The molecule has 0 spiro atoms. The minimum Gasteiger partial charge on any atom is -0.369 e. The normalized spacial score (nSPS) is 14.3. The summed E-state index contributed by atoms with van der Waals surface area (Å²) in [5.41, 5.74) is 2.67. The Bertz CT molecular complexity index is 794. The Morgan fingerprint density at radius 3 is 2.08 bits per heavy atom. The van der Waals surface area contributed by atoms with Gasteiger partial charge in [0.25, 0.3) is 0 Å². The van der Waals surface area contributed by atoms with Crippen molar-refractivity contribution in [1.29, 1.82) is 0 Å². The molecule has 0 saturated heterocycles. The van der Waals surface area contributed by atoms with Gasteiger partial charge in [-0.1, -0.05) is 50.2 Å². The number of fused-ring (bicyclic) bond motifs is 2. The zero-order valence-corrected chi connectivity index (χ0v) is 14.3. The van der Waals surface area contributed by atoms with E-state index < -0.39 is 0 Å². The Hall–Kier alpha value is -2.46. The summed E-state index contributed by atoms with van der Waals surface area (Å²) in [6, 6.07) is 12.5. The Morgan fingerprint density at radius 1 is 0.875 bits per heavy atom. The van der Waals surface area contributed by atoms with E-state index in [-0.39, 0.29) is 17.7 Å². The topological polar surface area (TPSA) is 49.4 Å². The molecule has 0 aliphatic heterocycles. The summed E-state index contributed by atoms with van der Waals surface area (Å²) in [5, 5.41) is 3.41. The van der Waals surface area contributed by atoms with Crippen LogP contribution >= 0.6 is 0 Å². The van der Waals surface area contributed by atoms with Crippen LogP contribution in [0.2, 0.25) is 0 Å². The van der Waals surface area contributed by atoms with Crippen LogP contribution in [-0.4, -0.2) is 35.7 Å². The van der Waals surface area contributed by atoms with Crippen LogP contribution in [0, 0.1) is 0 Å². The fourth-order valence-electron chi connectivity index (χ4n) is 3.35. The van der Waals surface area contributed by atoms with Crippen LogP contribution in [0.3, 0.4) is 0 Å². The van der Waals surface area contributed by atoms with Gasteiger partial charge in [-0.05, 0) is 26.1 Å². The third kappa shape index (κ3) is 2.63. The highest BCUT2D eigenvalue weighted by molar-refractivity contribution is 6.30. The molecule has 4 heteroatoms. The summed E-state index contributed by atoms with van der Waals surface area (Å²) in [4.78, 5) is 28.0. The molecule has 0 bridgehead atoms. The average molecular weight is 322 g/mol. The van der Waals surface area contributed by atoms with Gasteiger partial charge < -0.3 is 5.32 Å². The van der Waals surface area contributed by atoms with Gasteiger partial charge in [-0.3, -0.25) is 14.5 Å². The molecule has 0 radical (unpaired) electrons. The van der Waals surface area contributed by atoms with Gasteiger partial charge in [0.1, 0.15) is 0 Å². The van der Waals surface area contributed by atoms with Crippen molar-refractivity contribution in [2.45, 2.75) is 26.9 Å². The van der Waals surface area contributed by atoms with Gasteiger partial charge in [0, 0.05) is 22.4 Å². The zero-order valence-electron chi connectivity index (χ0n) is 14.3. The largest absolute Gasteiger partial charge is 0.369 e. The summed E-state index contributed by atoms with van der Waals surface area (Å²) in [6.45, 7) is 8.10. The van der Waals surface area contributed by atoms with Gasteiger partial charge in [-0.2, -0.15) is 0 Å². The molecule has 1 aliphatic carbocycles. The molecule has 1 N–H and O–H groups in total. The van der Waals surface area contributed by atoms with Crippen molar-refractivity contribution >= 4 is 17.3 Å². The molecule has 24 heavy (non-hydrogen) atoms. The molecule has 3 rings (SSSR count). The van der Waals surface area contributed by atoms with E-state index in [1.54, 1.807) is 30.3 Å². The number of nitrogens with one attached hydrogen (secondary N) is 1. The summed E-state index contributed by atoms with van der Waals surface area (Å²) in [6.07, 6.45) is 0.0755. The zero-order chi connectivity index (χ0) is 17.3. The monoisotopic (exact) mass is 322 g/mol. The first-order chi connectivity index (χ1) is 11.6. The minimum absolute atomic E-state index is 0.0755. The molecule has 124 valence electrons. The van der Waals surface area contributed by atoms with Crippen molar-refractivity contribution in [3.63, 3.8) is 0 Å². The Balaban J connectivity index is 2.04. The molecule has 0 heterocycles. The van der Waals surface area contributed by atoms with Crippen LogP contribution in [0.1, 0.15) is 52.6 Å². The first kappa shape index (κ1) is 16.4. The maximum absolute atomic E-state index is 13.0. The fraction of sp³-hybridized carbons (Fsp3) is 0.300. The molecule has 0 fully saturated rings. The van der Waals surface area contributed by atoms with Gasteiger partial charge >= 0.3 is 0 Å². The van der Waals surface area contributed by atoms with Gasteiger partial charge in [-0.25, -0.2) is 0 Å². The van der Waals surface area contributed by atoms with E-state index in [2.05, 4.69) is 31.0 Å². The molecular formula is C20H22N2O2. The van der Waals surface area contributed by atoms with E-state index in [0.717, 1.165) is 18.8 Å². The van der Waals surface area contributed by atoms with Gasteiger partial charge in [-0.15, -0.1) is 0 Å². The molecule has 1 atom stereocenters. The lowest BCUT2D eigenvalue weighted by molar-refractivity contribution is 0.0979. The van der Waals surface area contributed by atoms with Gasteiger partial charge in [0.05, 0.1) is 11.7 Å². The minimum atomic E-state index is -0.0879. The van der Waals surface area contributed by atoms with Crippen molar-refractivity contribution in [2.75, 3.05) is 18.4 Å². The van der Waals surface area contributed by atoms with Crippen LogP contribution in [0.4, 0.5) is 5.69 Å². The highest BCUT2D eigenvalue weighted by atomic mass is 16.1. The lowest BCUT2D eigenvalue weighted by Crippen LogP contribution is -2.39. The second kappa shape index (κ2) is 6.57. The van der Waals surface area contributed by atoms with E-state index in [1.165, 1.54) is 0 Å². The number of hydrogen-bond acceptors (Lipinski definition) is 4. The van der Waals surface area contributed by atoms with E-state index in [9.17, 15) is 9.59 Å². The van der Waals surface area contributed by atoms with Gasteiger partial charge in [0.2, 0.25) is 0 Å². The van der Waals surface area contributed by atoms with Crippen molar-refractivity contribution in [3.8, 4) is 0 Å². The summed E-state index contributed by atoms with van der Waals surface area (Å²) in [7, 11) is 0. The lowest BCUT2D eigenvalue weighted by Gasteiger charge is -2.29. The van der Waals surface area contributed by atoms with E-state index in [0.29, 0.717) is 22.3 Å². The van der Waals surface area contributed by atoms with Crippen molar-refractivity contribution in [1.82, 2.24) is 4.90 Å². The Labute approximate surface area is 142 Å². The number of hydrogen-bond donors (Lipinski definition) is 1. The summed E-state index contributed by atoms with van der Waals surface area (Å²) < 4.78 is 0. The standard InChI is InChI=1S/C20H22N2O2/c1-4-22(5-2)13(3)21-17-12-8-11-16-18(17)20(24)15-10-7-6-9-14(15)19(16)23/h6-13,21H,4-5H2,1-3H3. The van der Waals surface area contributed by atoms with E-state index in [1.807, 2.05) is 12.1 Å². The first-order valence-electron chi connectivity index (χ1n) is 8.40. The number of ketones is 2. The van der Waals surface area contributed by atoms with Crippen molar-refractivity contribution in [3.05, 3.63) is 64.7 Å². The van der Waals surface area contributed by atoms with Crippen molar-refractivity contribution < 1.29 is 9.59 Å². The Kier molecular flexibility index (Phi) is 4.49. The predicted molar refractivity (Wildman–Crippen MR) is 95.8 cm³/mol. The molecule has 1 aliphatic rings. The van der Waals surface area contributed by atoms with Crippen LogP contribution in [-0.2, 0) is 0 Å². The molecule has 0 aromatic heterocycles. The maximum Gasteiger partial charge on any atom is 0.196 e. The third-order valence-corrected chi connectivity index (χ3v) is 4.68. The molecule has 4 nitrogen and oxygen atoms in total. The molecule has 0 saturated carbocycles. The number of anilines is 1. The number of carbonyl (C=O) groups is 2. The predicted octanol–water partition coefficient (Wildman–Crippen LogP) is 3.56. The van der Waals surface area contributed by atoms with Gasteiger partial charge in [0.15, 0.2) is 11.6 Å². The second-order valence-corrected chi connectivity index (χ2v) is 5.97. The smallest absolute Gasteiger partial charge is 0.196 e. The van der Waals surface area contributed by atoms with Crippen LogP contribution in [0.5, 0.6) is 0 Å². The summed E-state index contributed by atoms with van der Waals surface area (Å²) in [5.74, 6) is -0.172. The van der Waals surface area contributed by atoms with Crippen molar-refractivity contribution in [2.24, 2.45) is 0 Å². The first-order valence-corrected chi connectivity index (χ1v) is 8.40.